The first-order valence-corrected chi connectivity index (χ1v) is 34.8. The van der Waals surface area contributed by atoms with E-state index in [0.29, 0.717) is 37.7 Å². The second kappa shape index (κ2) is 35.1. The number of carbonyl (C=O) groups is 12. The zero-order valence-electron chi connectivity index (χ0n) is 58.7. The summed E-state index contributed by atoms with van der Waals surface area (Å²) in [6, 6.07) is -5.89. The van der Waals surface area contributed by atoms with E-state index < -0.39 is 173 Å². The lowest BCUT2D eigenvalue weighted by molar-refractivity contribution is -0.150. The summed E-state index contributed by atoms with van der Waals surface area (Å²) in [7, 11) is 8.35. The molecule has 1 aromatic rings. The van der Waals surface area contributed by atoms with E-state index in [1.54, 1.807) is 13.8 Å². The van der Waals surface area contributed by atoms with Gasteiger partial charge in [-0.1, -0.05) is 117 Å². The number of benzene rings is 1. The second-order valence-corrected chi connectivity index (χ2v) is 28.4. The molecule has 0 bridgehead atoms. The number of carbonyl (C=O) groups excluding carboxylic acids is 12. The molecule has 542 valence electrons. The Labute approximate surface area is 573 Å². The molecule has 4 N–H and O–H groups in total. The fraction of sp³-hybridized carbons (Fsp3) is 0.735. The van der Waals surface area contributed by atoms with Gasteiger partial charge >= 0.3 is 6.18 Å². The Morgan fingerprint density at radius 2 is 1.30 bits per heavy atom. The molecule has 3 heterocycles. The van der Waals surface area contributed by atoms with Crippen molar-refractivity contribution in [1.82, 2.24) is 60.5 Å². The molecule has 25 nitrogen and oxygen atoms in total. The van der Waals surface area contributed by atoms with Crippen LogP contribution in [0.4, 0.5) is 13.2 Å². The number of hydrogen-bond acceptors (Lipinski definition) is 13. The van der Waals surface area contributed by atoms with E-state index in [-0.39, 0.29) is 83.2 Å². The molecular weight excluding hydrogens is 1290 g/mol. The molecule has 3 aliphatic heterocycles. The highest BCUT2D eigenvalue weighted by molar-refractivity contribution is 6.31. The molecule has 29 heteroatoms. The van der Waals surface area contributed by atoms with Crippen LogP contribution in [0.2, 0.25) is 5.02 Å². The second-order valence-electron chi connectivity index (χ2n) is 28.0. The predicted octanol–water partition coefficient (Wildman–Crippen LogP) is 4.35. The van der Waals surface area contributed by atoms with Gasteiger partial charge < -0.3 is 65.2 Å². The van der Waals surface area contributed by atoms with E-state index in [0.717, 1.165) is 58.9 Å². The van der Waals surface area contributed by atoms with Crippen LogP contribution < -0.4 is 21.3 Å². The van der Waals surface area contributed by atoms with Gasteiger partial charge in [-0.25, -0.2) is 0 Å². The van der Waals surface area contributed by atoms with Gasteiger partial charge in [0.1, 0.15) is 54.6 Å². The monoisotopic (exact) mass is 1390 g/mol. The molecule has 2 aliphatic carbocycles. The minimum atomic E-state index is -4.76. The van der Waals surface area contributed by atoms with E-state index in [2.05, 4.69) is 21.3 Å². The summed E-state index contributed by atoms with van der Waals surface area (Å²) in [5.41, 5.74) is -2.38. The maximum Gasteiger partial charge on any atom is 0.417 e. The molecule has 5 aliphatic rings. The number of halogens is 4. The molecule has 6 rings (SSSR count). The van der Waals surface area contributed by atoms with E-state index in [4.69, 9.17) is 16.3 Å². The number of amides is 12. The van der Waals surface area contributed by atoms with E-state index in [1.807, 2.05) is 27.7 Å². The van der Waals surface area contributed by atoms with Gasteiger partial charge in [0.05, 0.1) is 43.2 Å². The van der Waals surface area contributed by atoms with Gasteiger partial charge in [0.25, 0.3) is 0 Å². The molecular formula is C68H104ClF3N12O13. The molecule has 1 aromatic carbocycles. The van der Waals surface area contributed by atoms with Crippen LogP contribution in [0.25, 0.3) is 0 Å². The van der Waals surface area contributed by atoms with Crippen LogP contribution in [0.1, 0.15) is 162 Å². The maximum absolute atomic E-state index is 15.4. The van der Waals surface area contributed by atoms with Gasteiger partial charge in [-0.15, -0.1) is 0 Å². The van der Waals surface area contributed by atoms with Gasteiger partial charge in [-0.05, 0) is 92.7 Å². The molecule has 12 amide bonds. The maximum atomic E-state index is 15.4. The fourth-order valence-electron chi connectivity index (χ4n) is 14.0. The van der Waals surface area contributed by atoms with Crippen molar-refractivity contribution in [2.75, 3.05) is 88.3 Å². The van der Waals surface area contributed by atoms with Crippen molar-refractivity contribution in [2.45, 2.75) is 211 Å². The smallest absolute Gasteiger partial charge is 0.359 e. The number of ether oxygens (including phenoxy) is 1. The lowest BCUT2D eigenvalue weighted by atomic mass is 9.84. The Balaban J connectivity index is 1.41. The standard InChI is InChI=1S/C68H104ClF3N12O13/c1-13-42(5)57-65(95)79(9)38-55(87)77(7)39-56(88)81(11)52(35-44-21-16-15-17-22-44)64(94)78(8)37-53(85)73-48(27-25-45-24-26-46(47(69)34-45)68(70,71)72)63(93)84-30-20-23-50(84)60(90)76-67(28-18-19-29-67)66(96)82(12)58(43(6)14-2)61(91)74-49(62(92)83-31-32-97-40-83)36-54(86)80(10)51(33-41(3)4)59(89)75-57/h24,26,34,41-44,48-52,57-58H,13-23,25,27-33,35-40H2,1-12H3,(H,73,85)(H,74,91)(H,75,89)(H,76,90)/t42-,43-,48-,49-,50-,51-,52-,57-,58-/m0/s1. The Hall–Kier alpha value is -7.10. The minimum Gasteiger partial charge on any atom is -0.359 e. The Morgan fingerprint density at radius 1 is 0.670 bits per heavy atom. The SMILES string of the molecule is CC[C@H](C)[C@@H]1NC(=O)[C@H](CC(C)C)N(C)C(=O)C[C@@H](C(=O)N2CCOC2)NC(=O)[C@H]([C@@H](C)CC)N(C)C(=O)C2(CCCC2)NC(=O)[C@@H]2CCCN2C(=O)[C@H](CCc2ccc(C(F)(F)F)c(Cl)c2)NC(=O)CN(C)C(=O)[C@H](CC2CCCCC2)N(C)C(=O)CN(C)C(=O)CN(C)C1=O. The van der Waals surface area contributed by atoms with Crippen LogP contribution in [0, 0.1) is 23.7 Å². The van der Waals surface area contributed by atoms with Crippen molar-refractivity contribution in [1.29, 1.82) is 0 Å². The van der Waals surface area contributed by atoms with Crippen molar-refractivity contribution in [3.05, 3.63) is 34.3 Å². The number of likely N-dealkylation sites (N-methyl/N-ethyl adjacent to an activating group) is 6. The number of nitrogens with zero attached hydrogens (tertiary/aromatic N) is 8. The summed E-state index contributed by atoms with van der Waals surface area (Å²) in [6.07, 6.45) is 1.38. The average molecular weight is 1390 g/mol. The predicted molar refractivity (Wildman–Crippen MR) is 354 cm³/mol. The number of rotatable bonds is 12. The Morgan fingerprint density at radius 3 is 1.90 bits per heavy atom. The average Bonchev–Trinajstić information content (AvgIpc) is 1.76. The van der Waals surface area contributed by atoms with Crippen molar-refractivity contribution < 1.29 is 75.4 Å². The van der Waals surface area contributed by atoms with Gasteiger partial charge in [0.15, 0.2) is 0 Å². The zero-order valence-corrected chi connectivity index (χ0v) is 59.4. The number of alkyl halides is 3. The summed E-state index contributed by atoms with van der Waals surface area (Å²) in [5, 5.41) is 10.8. The Bertz CT molecular complexity index is 3010. The first-order chi connectivity index (χ1) is 45.6. The molecule has 2 saturated carbocycles. The van der Waals surface area contributed by atoms with E-state index >= 15 is 14.4 Å². The van der Waals surface area contributed by atoms with Crippen LogP contribution in [-0.4, -0.2) is 246 Å². The van der Waals surface area contributed by atoms with Gasteiger partial charge in [0.2, 0.25) is 70.9 Å². The van der Waals surface area contributed by atoms with Crippen molar-refractivity contribution >= 4 is 82.5 Å². The lowest BCUT2D eigenvalue weighted by Crippen LogP contribution is -2.65. The molecule has 3 saturated heterocycles. The molecule has 0 radical (unpaired) electrons. The van der Waals surface area contributed by atoms with E-state index in [9.17, 15) is 56.3 Å². The summed E-state index contributed by atoms with van der Waals surface area (Å²) in [6.45, 7) is 9.28. The summed E-state index contributed by atoms with van der Waals surface area (Å²) in [4.78, 5) is 186. The quantitative estimate of drug-likeness (QED) is 0.227. The highest BCUT2D eigenvalue weighted by Gasteiger charge is 2.50. The van der Waals surface area contributed by atoms with E-state index in [1.165, 1.54) is 72.9 Å². The first-order valence-electron chi connectivity index (χ1n) is 34.4. The molecule has 9 atom stereocenters. The van der Waals surface area contributed by atoms with Gasteiger partial charge in [-0.3, -0.25) is 57.5 Å². The molecule has 5 fully saturated rings. The van der Waals surface area contributed by atoms with Crippen molar-refractivity contribution in [3.8, 4) is 0 Å². The summed E-state index contributed by atoms with van der Waals surface area (Å²) < 4.78 is 47.0. The van der Waals surface area contributed by atoms with Crippen LogP contribution in [0.15, 0.2) is 18.2 Å². The fourth-order valence-corrected chi connectivity index (χ4v) is 14.3. The highest BCUT2D eigenvalue weighted by atomic mass is 35.5. The normalized spacial score (nSPS) is 26.4. The van der Waals surface area contributed by atoms with Crippen LogP contribution in [0.3, 0.4) is 0 Å². The molecule has 0 aromatic heterocycles. The molecule has 97 heavy (non-hydrogen) atoms. The van der Waals surface area contributed by atoms with Crippen LogP contribution >= 0.6 is 11.6 Å². The molecule has 0 unspecified atom stereocenters. The lowest BCUT2D eigenvalue weighted by Gasteiger charge is -2.40. The van der Waals surface area contributed by atoms with Gasteiger partial charge in [0, 0.05) is 55.4 Å². The topological polar surface area (TPSA) is 288 Å². The highest BCUT2D eigenvalue weighted by Crippen LogP contribution is 2.37. The summed E-state index contributed by atoms with van der Waals surface area (Å²) >= 11 is 6.13. The molecule has 1 spiro atoms. The van der Waals surface area contributed by atoms with Crippen molar-refractivity contribution in [2.24, 2.45) is 23.7 Å². The summed E-state index contributed by atoms with van der Waals surface area (Å²) in [5.74, 6) is -9.59. The largest absolute Gasteiger partial charge is 0.417 e. The number of aryl methyl sites for hydroxylation is 1. The van der Waals surface area contributed by atoms with Gasteiger partial charge in [-0.2, -0.15) is 13.2 Å². The van der Waals surface area contributed by atoms with Crippen LogP contribution in [0.5, 0.6) is 0 Å². The van der Waals surface area contributed by atoms with Crippen molar-refractivity contribution in [3.63, 3.8) is 0 Å². The third kappa shape index (κ3) is 20.3. The minimum absolute atomic E-state index is 0.0150. The number of fused-ring (bicyclic) bond motifs is 1. The first kappa shape index (κ1) is 78.9. The van der Waals surface area contributed by atoms with Crippen LogP contribution in [-0.2, 0) is 74.9 Å². The third-order valence-corrected chi connectivity index (χ3v) is 20.7. The number of nitrogens with one attached hydrogen (secondary N) is 4. The number of hydrogen-bond donors (Lipinski definition) is 4. The Kier molecular flexibility index (Phi) is 28.5. The third-order valence-electron chi connectivity index (χ3n) is 20.4. The zero-order chi connectivity index (χ0) is 72.0.